The van der Waals surface area contributed by atoms with Crippen LogP contribution in [0.4, 0.5) is 0 Å². The van der Waals surface area contributed by atoms with Gasteiger partial charge >= 0.3 is 0 Å². The maximum absolute atomic E-state index is 9.64. The van der Waals surface area contributed by atoms with Crippen molar-refractivity contribution in [2.75, 3.05) is 0 Å². The molecular formula is C13H11BrClNO2. The molecule has 0 bridgehead atoms. The van der Waals surface area contributed by atoms with Gasteiger partial charge in [0.2, 0.25) is 5.88 Å². The minimum atomic E-state index is -0.653. The van der Waals surface area contributed by atoms with Gasteiger partial charge < -0.3 is 9.84 Å². The minimum Gasteiger partial charge on any atom is -0.437 e. The Bertz CT molecular complexity index is 560. The number of rotatable bonds is 3. The number of hydrogen-bond donors (Lipinski definition) is 1. The second-order valence-electron chi connectivity index (χ2n) is 3.75. The number of benzene rings is 1. The average Bonchev–Trinajstić information content (AvgIpc) is 2.34. The average molecular weight is 329 g/mol. The summed E-state index contributed by atoms with van der Waals surface area (Å²) < 4.78 is 6.51. The third kappa shape index (κ3) is 3.02. The van der Waals surface area contributed by atoms with Gasteiger partial charge in [-0.2, -0.15) is 0 Å². The number of ether oxygens (including phenoxy) is 1. The van der Waals surface area contributed by atoms with Crippen molar-refractivity contribution in [1.29, 1.82) is 0 Å². The van der Waals surface area contributed by atoms with Crippen molar-refractivity contribution in [3.63, 3.8) is 0 Å². The lowest BCUT2D eigenvalue weighted by molar-refractivity contribution is 0.194. The zero-order valence-corrected chi connectivity index (χ0v) is 11.9. The van der Waals surface area contributed by atoms with Gasteiger partial charge in [-0.3, -0.25) is 0 Å². The molecular weight excluding hydrogens is 318 g/mol. The van der Waals surface area contributed by atoms with Gasteiger partial charge in [0.25, 0.3) is 0 Å². The van der Waals surface area contributed by atoms with Gasteiger partial charge in [0.05, 0.1) is 11.1 Å². The molecule has 94 valence electrons. The molecule has 1 aromatic heterocycles. The van der Waals surface area contributed by atoms with Crippen LogP contribution in [0.2, 0.25) is 5.02 Å². The van der Waals surface area contributed by atoms with E-state index in [0.717, 1.165) is 4.47 Å². The number of aliphatic hydroxyl groups is 1. The lowest BCUT2D eigenvalue weighted by Crippen LogP contribution is -1.98. The molecule has 0 radical (unpaired) electrons. The molecule has 2 rings (SSSR count). The van der Waals surface area contributed by atoms with Crippen molar-refractivity contribution < 1.29 is 9.84 Å². The Morgan fingerprint density at radius 1 is 1.39 bits per heavy atom. The lowest BCUT2D eigenvalue weighted by Gasteiger charge is -2.12. The Morgan fingerprint density at radius 3 is 2.89 bits per heavy atom. The van der Waals surface area contributed by atoms with E-state index in [-0.39, 0.29) is 0 Å². The molecule has 18 heavy (non-hydrogen) atoms. The van der Waals surface area contributed by atoms with Crippen molar-refractivity contribution in [2.24, 2.45) is 0 Å². The highest BCUT2D eigenvalue weighted by molar-refractivity contribution is 9.10. The van der Waals surface area contributed by atoms with Gasteiger partial charge in [0, 0.05) is 16.2 Å². The first-order valence-electron chi connectivity index (χ1n) is 5.34. The van der Waals surface area contributed by atoms with Crippen LogP contribution >= 0.6 is 27.5 Å². The summed E-state index contributed by atoms with van der Waals surface area (Å²) in [7, 11) is 0. The smallest absolute Gasteiger partial charge is 0.225 e. The first-order valence-corrected chi connectivity index (χ1v) is 6.51. The fourth-order valence-electron chi connectivity index (χ4n) is 1.47. The number of nitrogens with zero attached hydrogens (tertiary/aromatic N) is 1. The summed E-state index contributed by atoms with van der Waals surface area (Å²) in [4.78, 5) is 4.11. The van der Waals surface area contributed by atoms with Crippen molar-refractivity contribution in [3.8, 4) is 11.6 Å². The summed E-state index contributed by atoms with van der Waals surface area (Å²) in [6, 6.07) is 8.81. The fraction of sp³-hybridized carbons (Fsp3) is 0.154. The van der Waals surface area contributed by atoms with Gasteiger partial charge in [-0.1, -0.05) is 27.5 Å². The van der Waals surface area contributed by atoms with Crippen LogP contribution < -0.4 is 4.74 Å². The van der Waals surface area contributed by atoms with Gasteiger partial charge in [-0.15, -0.1) is 0 Å². The summed E-state index contributed by atoms with van der Waals surface area (Å²) in [6.45, 7) is 1.66. The molecule has 0 aliphatic heterocycles. The molecule has 2 aromatic rings. The quantitative estimate of drug-likeness (QED) is 0.911. The van der Waals surface area contributed by atoms with Crippen LogP contribution in [0.15, 0.2) is 41.0 Å². The molecule has 0 aliphatic rings. The summed E-state index contributed by atoms with van der Waals surface area (Å²) in [5.41, 5.74) is 0.619. The molecule has 1 aromatic carbocycles. The summed E-state index contributed by atoms with van der Waals surface area (Å²) in [5.74, 6) is 0.846. The molecule has 1 atom stereocenters. The van der Waals surface area contributed by atoms with Crippen LogP contribution in [0.1, 0.15) is 18.6 Å². The number of halogens is 2. The fourth-order valence-corrected chi connectivity index (χ4v) is 1.96. The third-order valence-corrected chi connectivity index (χ3v) is 3.16. The SMILES string of the molecule is C[C@@H](O)c1cccnc1Oc1cc(Br)ccc1Cl. The van der Waals surface area contributed by atoms with E-state index in [4.69, 9.17) is 16.3 Å². The highest BCUT2D eigenvalue weighted by atomic mass is 79.9. The Hall–Kier alpha value is -1.10. The molecule has 0 amide bonds. The van der Waals surface area contributed by atoms with E-state index >= 15 is 0 Å². The molecule has 0 saturated carbocycles. The molecule has 3 nitrogen and oxygen atoms in total. The van der Waals surface area contributed by atoms with Crippen LogP contribution in [-0.4, -0.2) is 10.1 Å². The van der Waals surface area contributed by atoms with Crippen LogP contribution in [0, 0.1) is 0 Å². The minimum absolute atomic E-state index is 0.354. The predicted octanol–water partition coefficient (Wildman–Crippen LogP) is 4.34. The monoisotopic (exact) mass is 327 g/mol. The van der Waals surface area contributed by atoms with Gasteiger partial charge in [0.15, 0.2) is 0 Å². The van der Waals surface area contributed by atoms with Crippen LogP contribution in [0.3, 0.4) is 0 Å². The van der Waals surface area contributed by atoms with Gasteiger partial charge in [-0.25, -0.2) is 4.98 Å². The highest BCUT2D eigenvalue weighted by Gasteiger charge is 2.12. The first-order chi connectivity index (χ1) is 8.58. The second-order valence-corrected chi connectivity index (χ2v) is 5.07. The van der Waals surface area contributed by atoms with E-state index < -0.39 is 6.10 Å². The highest BCUT2D eigenvalue weighted by Crippen LogP contribution is 2.33. The molecule has 5 heteroatoms. The van der Waals surface area contributed by atoms with Crippen molar-refractivity contribution >= 4 is 27.5 Å². The van der Waals surface area contributed by atoms with Gasteiger partial charge in [0.1, 0.15) is 5.75 Å². The number of hydrogen-bond acceptors (Lipinski definition) is 3. The second kappa shape index (κ2) is 5.69. The van der Waals surface area contributed by atoms with E-state index in [1.165, 1.54) is 0 Å². The van der Waals surface area contributed by atoms with Crippen molar-refractivity contribution in [2.45, 2.75) is 13.0 Å². The maximum atomic E-state index is 9.64. The summed E-state index contributed by atoms with van der Waals surface area (Å²) in [5, 5.41) is 10.1. The van der Waals surface area contributed by atoms with Gasteiger partial charge in [-0.05, 0) is 37.3 Å². The third-order valence-electron chi connectivity index (χ3n) is 2.35. The number of pyridine rings is 1. The van der Waals surface area contributed by atoms with E-state index in [1.54, 1.807) is 37.4 Å². The van der Waals surface area contributed by atoms with Crippen molar-refractivity contribution in [3.05, 3.63) is 51.6 Å². The van der Waals surface area contributed by atoms with Crippen molar-refractivity contribution in [1.82, 2.24) is 4.98 Å². The molecule has 1 heterocycles. The molecule has 0 saturated heterocycles. The molecule has 0 unspecified atom stereocenters. The zero-order valence-electron chi connectivity index (χ0n) is 9.60. The molecule has 0 aliphatic carbocycles. The normalized spacial score (nSPS) is 12.2. The Labute approximate surface area is 119 Å². The first kappa shape index (κ1) is 13.3. The van der Waals surface area contributed by atoms with Crippen LogP contribution in [0.5, 0.6) is 11.6 Å². The predicted molar refractivity (Wildman–Crippen MR) is 74.1 cm³/mol. The summed E-state index contributed by atoms with van der Waals surface area (Å²) >= 11 is 9.39. The Morgan fingerprint density at radius 2 is 2.17 bits per heavy atom. The van der Waals surface area contributed by atoms with E-state index in [0.29, 0.717) is 22.2 Å². The van der Waals surface area contributed by atoms with E-state index in [1.807, 2.05) is 6.07 Å². The van der Waals surface area contributed by atoms with Crippen LogP contribution in [-0.2, 0) is 0 Å². The Balaban J connectivity index is 2.37. The summed E-state index contributed by atoms with van der Waals surface area (Å²) in [6.07, 6.45) is 0.951. The Kier molecular flexibility index (Phi) is 4.22. The zero-order chi connectivity index (χ0) is 13.1. The number of aromatic nitrogens is 1. The lowest BCUT2D eigenvalue weighted by atomic mass is 10.2. The molecule has 0 spiro atoms. The van der Waals surface area contributed by atoms with E-state index in [9.17, 15) is 5.11 Å². The van der Waals surface area contributed by atoms with Crippen LogP contribution in [0.25, 0.3) is 0 Å². The largest absolute Gasteiger partial charge is 0.437 e. The molecule has 1 N–H and O–H groups in total. The van der Waals surface area contributed by atoms with E-state index in [2.05, 4.69) is 20.9 Å². The molecule has 0 fully saturated rings. The number of aliphatic hydroxyl groups excluding tert-OH is 1. The standard InChI is InChI=1S/C13H11BrClNO2/c1-8(17)10-3-2-6-16-13(10)18-12-7-9(14)4-5-11(12)15/h2-8,17H,1H3/t8-/m1/s1. The topological polar surface area (TPSA) is 42.4 Å². The maximum Gasteiger partial charge on any atom is 0.225 e.